The van der Waals surface area contributed by atoms with E-state index in [0.717, 1.165) is 11.0 Å². The Balaban J connectivity index is 2.17. The van der Waals surface area contributed by atoms with E-state index in [2.05, 4.69) is 10.6 Å². The van der Waals surface area contributed by atoms with Crippen molar-refractivity contribution in [2.24, 2.45) is 0 Å². The van der Waals surface area contributed by atoms with E-state index in [-0.39, 0.29) is 18.4 Å². The summed E-state index contributed by atoms with van der Waals surface area (Å²) in [5, 5.41) is 5.14. The van der Waals surface area contributed by atoms with E-state index in [1.54, 1.807) is 30.3 Å². The van der Waals surface area contributed by atoms with Gasteiger partial charge in [0, 0.05) is 34.0 Å². The minimum Gasteiger partial charge on any atom is -0.467 e. The van der Waals surface area contributed by atoms with Crippen molar-refractivity contribution in [2.75, 3.05) is 21.3 Å². The number of benzene rings is 2. The van der Waals surface area contributed by atoms with Gasteiger partial charge in [-0.05, 0) is 22.7 Å². The first kappa shape index (κ1) is 26.0. The number of halogens is 1. The van der Waals surface area contributed by atoms with Gasteiger partial charge >= 0.3 is 13.1 Å². The fraction of sp³-hybridized carbons (Fsp3) is 0.348. The number of nitrogens with one attached hydrogen (secondary N) is 2. The second-order valence-corrected chi connectivity index (χ2v) is 7.38. The number of hydrogen-bond acceptors (Lipinski definition) is 6. The standard InChI is InChI=1S/C23H28BFN2O6/c1-15(28)26-20(14-17-7-5-6-8-19(17)25)22(29)27-21(23(30)31-2)13-16-9-11-18(12-10-16)24(32-3)33-4/h5-12,20-21H,13-14H2,1-4H3,(H,26,28)(H,27,29)/t20-,21+/m1/s1. The van der Waals surface area contributed by atoms with Crippen LogP contribution in [0.15, 0.2) is 48.5 Å². The van der Waals surface area contributed by atoms with Crippen molar-refractivity contribution in [1.29, 1.82) is 0 Å². The summed E-state index contributed by atoms with van der Waals surface area (Å²) in [7, 11) is 3.75. The lowest BCUT2D eigenvalue weighted by molar-refractivity contribution is -0.145. The van der Waals surface area contributed by atoms with E-state index in [4.69, 9.17) is 14.0 Å². The van der Waals surface area contributed by atoms with E-state index in [0.29, 0.717) is 0 Å². The van der Waals surface area contributed by atoms with Crippen LogP contribution in [0.25, 0.3) is 0 Å². The van der Waals surface area contributed by atoms with Crippen molar-refractivity contribution in [2.45, 2.75) is 31.8 Å². The number of rotatable bonds is 11. The van der Waals surface area contributed by atoms with E-state index < -0.39 is 42.8 Å². The van der Waals surface area contributed by atoms with Crippen LogP contribution in [0.4, 0.5) is 4.39 Å². The molecule has 0 bridgehead atoms. The van der Waals surface area contributed by atoms with E-state index in [9.17, 15) is 18.8 Å². The molecule has 2 aromatic rings. The Kier molecular flexibility index (Phi) is 10.0. The van der Waals surface area contributed by atoms with Crippen LogP contribution in [-0.2, 0) is 41.3 Å². The molecule has 2 rings (SSSR count). The number of ether oxygens (including phenoxy) is 1. The number of amides is 2. The molecule has 10 heteroatoms. The minimum absolute atomic E-state index is 0.0733. The normalized spacial score (nSPS) is 12.4. The molecular weight excluding hydrogens is 430 g/mol. The Morgan fingerprint density at radius 3 is 2.09 bits per heavy atom. The van der Waals surface area contributed by atoms with Gasteiger partial charge in [0.2, 0.25) is 11.8 Å². The molecule has 2 aromatic carbocycles. The number of hydrogen-bond donors (Lipinski definition) is 2. The molecule has 2 N–H and O–H groups in total. The molecule has 0 spiro atoms. The fourth-order valence-corrected chi connectivity index (χ4v) is 3.36. The van der Waals surface area contributed by atoms with Gasteiger partial charge in [-0.15, -0.1) is 0 Å². The zero-order chi connectivity index (χ0) is 24.4. The Labute approximate surface area is 192 Å². The van der Waals surface area contributed by atoms with Gasteiger partial charge in [0.25, 0.3) is 0 Å². The van der Waals surface area contributed by atoms with Gasteiger partial charge in [0.1, 0.15) is 17.9 Å². The molecule has 0 unspecified atom stereocenters. The number of methoxy groups -OCH3 is 1. The van der Waals surface area contributed by atoms with Crippen LogP contribution in [0.1, 0.15) is 18.1 Å². The Hall–Kier alpha value is -3.24. The second-order valence-electron chi connectivity index (χ2n) is 7.38. The molecule has 2 amide bonds. The summed E-state index contributed by atoms with van der Waals surface area (Å²) >= 11 is 0. The molecule has 0 saturated carbocycles. The predicted octanol–water partition coefficient (Wildman–Crippen LogP) is 0.761. The van der Waals surface area contributed by atoms with Gasteiger partial charge < -0.3 is 24.7 Å². The first-order valence-electron chi connectivity index (χ1n) is 10.3. The zero-order valence-corrected chi connectivity index (χ0v) is 19.1. The molecule has 0 aromatic heterocycles. The van der Waals surface area contributed by atoms with Crippen molar-refractivity contribution < 1.29 is 32.8 Å². The topological polar surface area (TPSA) is 103 Å². The minimum atomic E-state index is -1.07. The zero-order valence-electron chi connectivity index (χ0n) is 19.1. The SMILES string of the molecule is COB(OC)c1ccc(C[C@H](NC(=O)[C@@H](Cc2ccccc2F)NC(C)=O)C(=O)OC)cc1. The molecule has 0 saturated heterocycles. The van der Waals surface area contributed by atoms with Crippen LogP contribution in [0, 0.1) is 5.82 Å². The van der Waals surface area contributed by atoms with Gasteiger partial charge in [0.15, 0.2) is 0 Å². The molecule has 0 aliphatic rings. The first-order valence-corrected chi connectivity index (χ1v) is 10.3. The molecule has 0 aliphatic carbocycles. The van der Waals surface area contributed by atoms with Crippen LogP contribution >= 0.6 is 0 Å². The predicted molar refractivity (Wildman–Crippen MR) is 121 cm³/mol. The van der Waals surface area contributed by atoms with Crippen LogP contribution < -0.4 is 16.1 Å². The molecule has 2 atom stereocenters. The largest absolute Gasteiger partial charge is 0.493 e. The van der Waals surface area contributed by atoms with E-state index >= 15 is 0 Å². The number of carbonyl (C=O) groups excluding carboxylic acids is 3. The summed E-state index contributed by atoms with van der Waals surface area (Å²) in [6, 6.07) is 11.1. The van der Waals surface area contributed by atoms with Crippen molar-refractivity contribution in [3.63, 3.8) is 0 Å². The number of esters is 1. The Morgan fingerprint density at radius 2 is 1.55 bits per heavy atom. The van der Waals surface area contributed by atoms with Crippen LogP contribution in [0.5, 0.6) is 0 Å². The molecule has 0 fully saturated rings. The quantitative estimate of drug-likeness (QED) is 0.381. The summed E-state index contributed by atoms with van der Waals surface area (Å²) < 4.78 is 29.4. The lowest BCUT2D eigenvalue weighted by Gasteiger charge is -2.22. The monoisotopic (exact) mass is 458 g/mol. The van der Waals surface area contributed by atoms with Gasteiger partial charge in [-0.25, -0.2) is 9.18 Å². The third-order valence-corrected chi connectivity index (χ3v) is 5.00. The first-order chi connectivity index (χ1) is 15.8. The average Bonchev–Trinajstić information content (AvgIpc) is 2.80. The second kappa shape index (κ2) is 12.7. The highest BCUT2D eigenvalue weighted by Gasteiger charge is 2.28. The summed E-state index contributed by atoms with van der Waals surface area (Å²) in [6.07, 6.45) is 0.0753. The van der Waals surface area contributed by atoms with Crippen molar-refractivity contribution in [3.8, 4) is 0 Å². The third-order valence-electron chi connectivity index (χ3n) is 5.00. The summed E-state index contributed by atoms with van der Waals surface area (Å²) in [5.74, 6) is -2.22. The van der Waals surface area contributed by atoms with Crippen molar-refractivity contribution in [3.05, 3.63) is 65.5 Å². The lowest BCUT2D eigenvalue weighted by Crippen LogP contribution is -2.53. The van der Waals surface area contributed by atoms with Gasteiger partial charge in [-0.1, -0.05) is 42.5 Å². The molecule has 8 nitrogen and oxygen atoms in total. The van der Waals surface area contributed by atoms with Crippen molar-refractivity contribution >= 4 is 30.4 Å². The third kappa shape index (κ3) is 7.69. The highest BCUT2D eigenvalue weighted by molar-refractivity contribution is 6.61. The van der Waals surface area contributed by atoms with Crippen LogP contribution in [-0.4, -0.2) is 58.3 Å². The summed E-state index contributed by atoms with van der Waals surface area (Å²) in [4.78, 5) is 36.9. The number of carbonyl (C=O) groups is 3. The van der Waals surface area contributed by atoms with Gasteiger partial charge in [-0.3, -0.25) is 9.59 Å². The Bertz CT molecular complexity index is 952. The highest BCUT2D eigenvalue weighted by Crippen LogP contribution is 2.11. The molecule has 0 aliphatic heterocycles. The fourth-order valence-electron chi connectivity index (χ4n) is 3.36. The smallest absolute Gasteiger partial charge is 0.467 e. The average molecular weight is 458 g/mol. The molecule has 33 heavy (non-hydrogen) atoms. The molecule has 0 heterocycles. The van der Waals surface area contributed by atoms with Crippen molar-refractivity contribution in [1.82, 2.24) is 10.6 Å². The van der Waals surface area contributed by atoms with E-state index in [1.165, 1.54) is 46.5 Å². The van der Waals surface area contributed by atoms with Gasteiger partial charge in [-0.2, -0.15) is 0 Å². The molecular formula is C23H28BFN2O6. The van der Waals surface area contributed by atoms with Crippen LogP contribution in [0.3, 0.4) is 0 Å². The highest BCUT2D eigenvalue weighted by atomic mass is 19.1. The molecule has 176 valence electrons. The van der Waals surface area contributed by atoms with Gasteiger partial charge in [0.05, 0.1) is 7.11 Å². The van der Waals surface area contributed by atoms with E-state index in [1.807, 2.05) is 0 Å². The van der Waals surface area contributed by atoms with Crippen LogP contribution in [0.2, 0.25) is 0 Å². The summed E-state index contributed by atoms with van der Waals surface area (Å²) in [5.41, 5.74) is 1.81. The maximum Gasteiger partial charge on any atom is 0.493 e. The maximum atomic E-state index is 14.1. The maximum absolute atomic E-state index is 14.1. The summed E-state index contributed by atoms with van der Waals surface area (Å²) in [6.45, 7) is 1.26. The molecule has 0 radical (unpaired) electrons. The lowest BCUT2D eigenvalue weighted by atomic mass is 9.78. The Morgan fingerprint density at radius 1 is 0.909 bits per heavy atom.